The van der Waals surface area contributed by atoms with Gasteiger partial charge in [-0.15, -0.1) is 0 Å². The third-order valence-electron chi connectivity index (χ3n) is 7.65. The van der Waals surface area contributed by atoms with Crippen molar-refractivity contribution in [2.24, 2.45) is 21.8 Å². The van der Waals surface area contributed by atoms with Gasteiger partial charge >= 0.3 is 0 Å². The monoisotopic (exact) mass is 561 g/mol. The highest BCUT2D eigenvalue weighted by Crippen LogP contribution is 2.43. The number of rotatable bonds is 10. The Morgan fingerprint density at radius 2 is 1.27 bits per heavy atom. The minimum atomic E-state index is -0.214. The van der Waals surface area contributed by atoms with Gasteiger partial charge < -0.3 is 10.2 Å². The predicted octanol–water partition coefficient (Wildman–Crippen LogP) is 9.22. The van der Waals surface area contributed by atoms with Crippen molar-refractivity contribution in [1.82, 2.24) is 0 Å². The van der Waals surface area contributed by atoms with Gasteiger partial charge in [0.1, 0.15) is 17.2 Å². The van der Waals surface area contributed by atoms with Crippen LogP contribution in [0, 0.1) is 17.8 Å². The largest absolute Gasteiger partial charge is 0.507 e. The SMILES string of the molecule is C=CC(=C)/C(C)=N\N(N)c1cc(C(C)(C)CC(C)(C)C)cc(Cc2cc(C(C)(C)CC(C)(C)C)cc(C)c2O)c1O. The van der Waals surface area contributed by atoms with Crippen LogP contribution in [0.5, 0.6) is 11.5 Å². The van der Waals surface area contributed by atoms with E-state index >= 15 is 0 Å². The first-order chi connectivity index (χ1) is 18.5. The number of aryl methyl sites for hydroxylation is 1. The van der Waals surface area contributed by atoms with Crippen molar-refractivity contribution < 1.29 is 10.2 Å². The second kappa shape index (κ2) is 12.1. The first-order valence-electron chi connectivity index (χ1n) is 14.6. The number of phenols is 2. The number of nitrogens with zero attached hydrogens (tertiary/aromatic N) is 2. The molecule has 0 heterocycles. The summed E-state index contributed by atoms with van der Waals surface area (Å²) in [5.74, 6) is 6.74. The molecule has 0 saturated heterocycles. The molecule has 5 heteroatoms. The molecule has 0 bridgehead atoms. The molecule has 2 aromatic rings. The molecule has 5 nitrogen and oxygen atoms in total. The van der Waals surface area contributed by atoms with Crippen LogP contribution in [-0.4, -0.2) is 15.9 Å². The van der Waals surface area contributed by atoms with Crippen LogP contribution in [0.1, 0.15) is 117 Å². The Bertz CT molecular complexity index is 1320. The van der Waals surface area contributed by atoms with Crippen molar-refractivity contribution in [2.45, 2.75) is 113 Å². The second-order valence-electron chi connectivity index (χ2n) is 15.5. The van der Waals surface area contributed by atoms with E-state index in [1.54, 1.807) is 13.0 Å². The lowest BCUT2D eigenvalue weighted by Gasteiger charge is -2.34. The van der Waals surface area contributed by atoms with Crippen LogP contribution in [0.4, 0.5) is 5.69 Å². The zero-order valence-corrected chi connectivity index (χ0v) is 27.8. The predicted molar refractivity (Wildman–Crippen MR) is 177 cm³/mol. The quantitative estimate of drug-likeness (QED) is 0.117. The lowest BCUT2D eigenvalue weighted by molar-refractivity contribution is 0.283. The number of hydrazone groups is 1. The van der Waals surface area contributed by atoms with E-state index < -0.39 is 0 Å². The molecule has 0 fully saturated rings. The summed E-state index contributed by atoms with van der Waals surface area (Å²) >= 11 is 0. The van der Waals surface area contributed by atoms with Gasteiger partial charge in [-0.25, -0.2) is 5.84 Å². The molecule has 0 aromatic heterocycles. The van der Waals surface area contributed by atoms with Gasteiger partial charge in [0.25, 0.3) is 0 Å². The molecule has 0 unspecified atom stereocenters. The maximum Gasteiger partial charge on any atom is 0.146 e. The maximum absolute atomic E-state index is 11.6. The average Bonchev–Trinajstić information content (AvgIpc) is 2.78. The van der Waals surface area contributed by atoms with Crippen LogP contribution < -0.4 is 11.0 Å². The molecule has 41 heavy (non-hydrogen) atoms. The molecule has 0 aliphatic heterocycles. The average molecular weight is 562 g/mol. The molecule has 0 spiro atoms. The van der Waals surface area contributed by atoms with Crippen molar-refractivity contribution in [2.75, 3.05) is 5.12 Å². The minimum Gasteiger partial charge on any atom is -0.507 e. The van der Waals surface area contributed by atoms with Crippen LogP contribution in [0.15, 0.2) is 54.2 Å². The highest BCUT2D eigenvalue weighted by Gasteiger charge is 2.31. The third kappa shape index (κ3) is 8.97. The zero-order valence-electron chi connectivity index (χ0n) is 27.8. The number of allylic oxidation sites excluding steroid dienone is 2. The van der Waals surface area contributed by atoms with Crippen LogP contribution >= 0.6 is 0 Å². The Balaban J connectivity index is 2.77. The van der Waals surface area contributed by atoms with Gasteiger partial charge in [-0.3, -0.25) is 0 Å². The van der Waals surface area contributed by atoms with Gasteiger partial charge in [-0.1, -0.05) is 107 Å². The molecule has 226 valence electrons. The standard InChI is InChI=1S/C36H55N3O2/c1-15-23(2)25(4)38-39(37)30-20-29(36(13,14)22-34(8,9)10)19-27(32(30)41)17-26-18-28(16-24(3)31(26)40)35(11,12)21-33(5,6)7/h15-16,18-20,40-41H,1-2,17,21-22,37H2,3-14H3/b38-25-. The summed E-state index contributed by atoms with van der Waals surface area (Å²) in [5, 5.41) is 28.5. The number of aromatic hydroxyl groups is 2. The molecule has 0 aliphatic rings. The summed E-state index contributed by atoms with van der Waals surface area (Å²) in [5.41, 5.74) is 6.08. The Morgan fingerprint density at radius 3 is 1.71 bits per heavy atom. The Hall–Kier alpha value is -3.05. The van der Waals surface area contributed by atoms with Crippen molar-refractivity contribution >= 4 is 11.4 Å². The lowest BCUT2D eigenvalue weighted by atomic mass is 9.71. The topological polar surface area (TPSA) is 82.1 Å². The highest BCUT2D eigenvalue weighted by atomic mass is 16.3. The molecule has 4 N–H and O–H groups in total. The second-order valence-corrected chi connectivity index (χ2v) is 15.5. The van der Waals surface area contributed by atoms with E-state index in [0.717, 1.165) is 29.5 Å². The van der Waals surface area contributed by atoms with Crippen LogP contribution in [-0.2, 0) is 17.3 Å². The smallest absolute Gasteiger partial charge is 0.146 e. The lowest BCUT2D eigenvalue weighted by Crippen LogP contribution is -2.29. The van der Waals surface area contributed by atoms with E-state index in [0.29, 0.717) is 29.0 Å². The summed E-state index contributed by atoms with van der Waals surface area (Å²) in [7, 11) is 0. The summed E-state index contributed by atoms with van der Waals surface area (Å²) in [6.07, 6.45) is 3.88. The Morgan fingerprint density at radius 1 is 0.829 bits per heavy atom. The number of hydrazine groups is 1. The molecule has 0 radical (unpaired) electrons. The van der Waals surface area contributed by atoms with E-state index in [1.807, 2.05) is 13.0 Å². The zero-order chi connectivity index (χ0) is 31.7. The van der Waals surface area contributed by atoms with Gasteiger partial charge in [-0.2, -0.15) is 10.2 Å². The van der Waals surface area contributed by atoms with E-state index in [1.165, 1.54) is 10.7 Å². The number of hydrogen-bond acceptors (Lipinski definition) is 5. The fourth-order valence-electron chi connectivity index (χ4n) is 6.24. The van der Waals surface area contributed by atoms with Crippen LogP contribution in [0.2, 0.25) is 0 Å². The summed E-state index contributed by atoms with van der Waals surface area (Å²) < 4.78 is 0. The maximum atomic E-state index is 11.6. The Kier molecular flexibility index (Phi) is 10.0. The highest BCUT2D eigenvalue weighted by molar-refractivity contribution is 6.00. The molecule has 0 saturated carbocycles. The van der Waals surface area contributed by atoms with Crippen molar-refractivity contribution in [3.63, 3.8) is 0 Å². The number of nitrogens with two attached hydrogens (primary N) is 1. The number of phenolic OH excluding ortho intramolecular Hbond substituents is 2. The molecular weight excluding hydrogens is 506 g/mol. The van der Waals surface area contributed by atoms with Crippen LogP contribution in [0.3, 0.4) is 0 Å². The van der Waals surface area contributed by atoms with Crippen molar-refractivity contribution in [1.29, 1.82) is 0 Å². The molecule has 2 aromatic carbocycles. The van der Waals surface area contributed by atoms with Crippen molar-refractivity contribution in [3.8, 4) is 11.5 Å². The third-order valence-corrected chi connectivity index (χ3v) is 7.65. The Labute approximate surface area is 249 Å². The molecule has 0 atom stereocenters. The number of anilines is 1. The van der Waals surface area contributed by atoms with Crippen LogP contribution in [0.25, 0.3) is 0 Å². The van der Waals surface area contributed by atoms with E-state index in [-0.39, 0.29) is 33.2 Å². The van der Waals surface area contributed by atoms with Crippen molar-refractivity contribution in [3.05, 3.63) is 76.9 Å². The minimum absolute atomic E-state index is 0.0416. The van der Waals surface area contributed by atoms with Gasteiger partial charge in [0.2, 0.25) is 0 Å². The van der Waals surface area contributed by atoms with E-state index in [4.69, 9.17) is 5.84 Å². The fourth-order valence-corrected chi connectivity index (χ4v) is 6.24. The number of benzene rings is 2. The molecule has 0 aliphatic carbocycles. The summed E-state index contributed by atoms with van der Waals surface area (Å²) in [4.78, 5) is 0. The van der Waals surface area contributed by atoms with Gasteiger partial charge in [0, 0.05) is 12.0 Å². The normalized spacial score (nSPS) is 13.3. The fraction of sp³-hybridized carbons (Fsp3) is 0.528. The number of hydrogen-bond donors (Lipinski definition) is 3. The first kappa shape index (κ1) is 34.2. The van der Waals surface area contributed by atoms with Gasteiger partial charge in [0.05, 0.1) is 5.71 Å². The van der Waals surface area contributed by atoms with E-state index in [9.17, 15) is 10.2 Å². The first-order valence-corrected chi connectivity index (χ1v) is 14.6. The summed E-state index contributed by atoms with van der Waals surface area (Å²) in [6, 6.07) is 8.16. The van der Waals surface area contributed by atoms with E-state index in [2.05, 4.69) is 106 Å². The summed E-state index contributed by atoms with van der Waals surface area (Å²) in [6.45, 7) is 33.8. The van der Waals surface area contributed by atoms with Gasteiger partial charge in [-0.05, 0) is 82.2 Å². The molecule has 2 rings (SSSR count). The molecule has 0 amide bonds. The van der Waals surface area contributed by atoms with Gasteiger partial charge in [0.15, 0.2) is 0 Å². The molecular formula is C36H55N3O2.